The Bertz CT molecular complexity index is 846. The Morgan fingerprint density at radius 2 is 1.74 bits per heavy atom. The first-order valence-corrected chi connectivity index (χ1v) is 10.3. The van der Waals surface area contributed by atoms with E-state index in [9.17, 15) is 14.4 Å². The number of thioether (sulfide) groups is 1. The first-order chi connectivity index (χ1) is 13.1. The number of fused-ring (bicyclic) bond motifs is 1. The maximum atomic E-state index is 13.0. The lowest BCUT2D eigenvalue weighted by Crippen LogP contribution is -2.47. The summed E-state index contributed by atoms with van der Waals surface area (Å²) in [6, 6.07) is 13.5. The lowest BCUT2D eigenvalue weighted by atomic mass is 10.1. The molecule has 27 heavy (non-hydrogen) atoms. The van der Waals surface area contributed by atoms with Gasteiger partial charge in [-0.2, -0.15) is 11.8 Å². The van der Waals surface area contributed by atoms with Gasteiger partial charge in [-0.15, -0.1) is 0 Å². The molecule has 0 aromatic heterocycles. The molecule has 0 spiro atoms. The van der Waals surface area contributed by atoms with Crippen molar-refractivity contribution >= 4 is 35.2 Å². The summed E-state index contributed by atoms with van der Waals surface area (Å²) in [5.74, 6) is -0.481. The standard InChI is InChI=1S/C21H22N2O3S/c1-3-14-7-6-8-15(13-14)22-19(24)18(11-12-27-2)23-20(25)16-9-4-5-10-17(16)21(23)26/h4-10,13,18H,3,11-12H2,1-2H3,(H,22,24)/t18-/m0/s1. The second-order valence-electron chi connectivity index (χ2n) is 6.37. The van der Waals surface area contributed by atoms with Crippen molar-refractivity contribution in [3.63, 3.8) is 0 Å². The molecule has 140 valence electrons. The van der Waals surface area contributed by atoms with E-state index in [0.29, 0.717) is 29.0 Å². The molecule has 6 heteroatoms. The van der Waals surface area contributed by atoms with Gasteiger partial charge in [0.2, 0.25) is 5.91 Å². The normalized spacial score (nSPS) is 14.2. The van der Waals surface area contributed by atoms with Crippen LogP contribution in [-0.2, 0) is 11.2 Å². The molecule has 2 aromatic carbocycles. The van der Waals surface area contributed by atoms with Crippen LogP contribution >= 0.6 is 11.8 Å². The number of amides is 3. The maximum Gasteiger partial charge on any atom is 0.262 e. The molecule has 1 atom stereocenters. The molecule has 0 aliphatic carbocycles. The van der Waals surface area contributed by atoms with Gasteiger partial charge in [0.1, 0.15) is 6.04 Å². The van der Waals surface area contributed by atoms with Gasteiger partial charge < -0.3 is 5.32 Å². The van der Waals surface area contributed by atoms with Crippen LogP contribution in [0.4, 0.5) is 5.69 Å². The van der Waals surface area contributed by atoms with E-state index in [0.717, 1.165) is 16.9 Å². The van der Waals surface area contributed by atoms with Gasteiger partial charge in [-0.05, 0) is 54.7 Å². The SMILES string of the molecule is CCc1cccc(NC(=O)[C@H](CCSC)N2C(=O)c3ccccc3C2=O)c1. The molecule has 0 saturated heterocycles. The second kappa shape index (κ2) is 8.39. The van der Waals surface area contributed by atoms with E-state index in [1.807, 2.05) is 37.4 Å². The Balaban J connectivity index is 1.86. The third kappa shape index (κ3) is 3.90. The first-order valence-electron chi connectivity index (χ1n) is 8.92. The van der Waals surface area contributed by atoms with Crippen LogP contribution in [-0.4, -0.2) is 40.7 Å². The number of benzene rings is 2. The zero-order chi connectivity index (χ0) is 19.4. The lowest BCUT2D eigenvalue weighted by Gasteiger charge is -2.25. The van der Waals surface area contributed by atoms with Crippen LogP contribution in [0.1, 0.15) is 39.6 Å². The van der Waals surface area contributed by atoms with Gasteiger partial charge in [0.05, 0.1) is 11.1 Å². The van der Waals surface area contributed by atoms with E-state index in [1.165, 1.54) is 0 Å². The Kier molecular flexibility index (Phi) is 5.96. The highest BCUT2D eigenvalue weighted by Crippen LogP contribution is 2.27. The number of aryl methyl sites for hydroxylation is 1. The Labute approximate surface area is 163 Å². The molecule has 0 fully saturated rings. The van der Waals surface area contributed by atoms with Gasteiger partial charge in [-0.25, -0.2) is 0 Å². The number of nitrogens with zero attached hydrogens (tertiary/aromatic N) is 1. The zero-order valence-electron chi connectivity index (χ0n) is 15.4. The average molecular weight is 382 g/mol. The van der Waals surface area contributed by atoms with Gasteiger partial charge in [0, 0.05) is 5.69 Å². The predicted molar refractivity (Wildman–Crippen MR) is 108 cm³/mol. The van der Waals surface area contributed by atoms with Crippen molar-refractivity contribution in [2.45, 2.75) is 25.8 Å². The number of rotatable bonds is 7. The predicted octanol–water partition coefficient (Wildman–Crippen LogP) is 3.61. The summed E-state index contributed by atoms with van der Waals surface area (Å²) in [5.41, 5.74) is 2.49. The molecule has 1 aliphatic rings. The van der Waals surface area contributed by atoms with E-state index in [-0.39, 0.29) is 5.91 Å². The fraction of sp³-hybridized carbons (Fsp3) is 0.286. The van der Waals surface area contributed by atoms with E-state index in [1.54, 1.807) is 36.0 Å². The van der Waals surface area contributed by atoms with Gasteiger partial charge >= 0.3 is 0 Å². The molecular formula is C21H22N2O3S. The first kappa shape index (κ1) is 19.2. The molecule has 3 rings (SSSR count). The summed E-state index contributed by atoms with van der Waals surface area (Å²) < 4.78 is 0. The highest BCUT2D eigenvalue weighted by molar-refractivity contribution is 7.98. The fourth-order valence-corrected chi connectivity index (χ4v) is 3.65. The van der Waals surface area contributed by atoms with E-state index in [4.69, 9.17) is 0 Å². The molecule has 0 bridgehead atoms. The third-order valence-electron chi connectivity index (χ3n) is 4.64. The number of carbonyl (C=O) groups is 3. The third-order valence-corrected chi connectivity index (χ3v) is 5.28. The molecule has 3 amide bonds. The molecule has 1 heterocycles. The summed E-state index contributed by atoms with van der Waals surface area (Å²) in [4.78, 5) is 39.7. The van der Waals surface area contributed by atoms with Crippen LogP contribution in [0.15, 0.2) is 48.5 Å². The van der Waals surface area contributed by atoms with Crippen LogP contribution in [0.3, 0.4) is 0 Å². The molecule has 0 unspecified atom stereocenters. The Morgan fingerprint density at radius 1 is 1.07 bits per heavy atom. The Morgan fingerprint density at radius 3 is 2.33 bits per heavy atom. The minimum atomic E-state index is -0.838. The number of hydrogen-bond donors (Lipinski definition) is 1. The van der Waals surface area contributed by atoms with Crippen molar-refractivity contribution in [1.82, 2.24) is 4.90 Å². The lowest BCUT2D eigenvalue weighted by molar-refractivity contribution is -0.120. The zero-order valence-corrected chi connectivity index (χ0v) is 16.2. The highest BCUT2D eigenvalue weighted by Gasteiger charge is 2.42. The molecule has 2 aromatic rings. The monoisotopic (exact) mass is 382 g/mol. The quantitative estimate of drug-likeness (QED) is 0.743. The Hall–Kier alpha value is -2.60. The summed E-state index contributed by atoms with van der Waals surface area (Å²) in [7, 11) is 0. The van der Waals surface area contributed by atoms with E-state index < -0.39 is 17.9 Å². The molecular weight excluding hydrogens is 360 g/mol. The minimum absolute atomic E-state index is 0.341. The van der Waals surface area contributed by atoms with Crippen molar-refractivity contribution in [3.05, 3.63) is 65.2 Å². The smallest absolute Gasteiger partial charge is 0.262 e. The van der Waals surface area contributed by atoms with Crippen molar-refractivity contribution in [2.75, 3.05) is 17.3 Å². The van der Waals surface area contributed by atoms with Gasteiger partial charge in [-0.3, -0.25) is 19.3 Å². The van der Waals surface area contributed by atoms with Crippen LogP contribution < -0.4 is 5.32 Å². The minimum Gasteiger partial charge on any atom is -0.324 e. The van der Waals surface area contributed by atoms with Gasteiger partial charge in [-0.1, -0.05) is 31.2 Å². The number of imide groups is 1. The average Bonchev–Trinajstić information content (AvgIpc) is 2.94. The van der Waals surface area contributed by atoms with Crippen LogP contribution in [0.25, 0.3) is 0 Å². The van der Waals surface area contributed by atoms with Crippen molar-refractivity contribution < 1.29 is 14.4 Å². The molecule has 0 radical (unpaired) electrons. The van der Waals surface area contributed by atoms with Crippen molar-refractivity contribution in [3.8, 4) is 0 Å². The van der Waals surface area contributed by atoms with Gasteiger partial charge in [0.15, 0.2) is 0 Å². The van der Waals surface area contributed by atoms with E-state index in [2.05, 4.69) is 5.32 Å². The fourth-order valence-electron chi connectivity index (χ4n) is 3.19. The molecule has 1 aliphatic heterocycles. The number of hydrogen-bond acceptors (Lipinski definition) is 4. The summed E-state index contributed by atoms with van der Waals surface area (Å²) in [6.45, 7) is 2.04. The van der Waals surface area contributed by atoms with Crippen LogP contribution in [0.2, 0.25) is 0 Å². The second-order valence-corrected chi connectivity index (χ2v) is 7.35. The summed E-state index contributed by atoms with van der Waals surface area (Å²) in [5, 5.41) is 2.88. The topological polar surface area (TPSA) is 66.5 Å². The van der Waals surface area contributed by atoms with E-state index >= 15 is 0 Å². The summed E-state index contributed by atoms with van der Waals surface area (Å²) in [6.07, 6.45) is 3.20. The maximum absolute atomic E-state index is 13.0. The van der Waals surface area contributed by atoms with Crippen LogP contribution in [0, 0.1) is 0 Å². The number of carbonyl (C=O) groups excluding carboxylic acids is 3. The summed E-state index contributed by atoms with van der Waals surface area (Å²) >= 11 is 1.58. The van der Waals surface area contributed by atoms with Crippen molar-refractivity contribution in [1.29, 1.82) is 0 Å². The van der Waals surface area contributed by atoms with Crippen LogP contribution in [0.5, 0.6) is 0 Å². The van der Waals surface area contributed by atoms with Crippen molar-refractivity contribution in [2.24, 2.45) is 0 Å². The highest BCUT2D eigenvalue weighted by atomic mass is 32.2. The van der Waals surface area contributed by atoms with Gasteiger partial charge in [0.25, 0.3) is 11.8 Å². The molecule has 0 saturated carbocycles. The molecule has 5 nitrogen and oxygen atoms in total. The number of anilines is 1. The number of nitrogens with one attached hydrogen (secondary N) is 1. The largest absolute Gasteiger partial charge is 0.324 e. The molecule has 1 N–H and O–H groups in total.